The number of unbranched alkanes of at least 4 members (excludes halogenated alkanes) is 12. The highest BCUT2D eigenvalue weighted by atomic mass is 31.2. The van der Waals surface area contributed by atoms with Gasteiger partial charge in [-0.05, 0) is 83.5 Å². The third kappa shape index (κ3) is 32.1. The number of esters is 2. The molecule has 0 aromatic heterocycles. The summed E-state index contributed by atoms with van der Waals surface area (Å²) in [6, 6.07) is 0. The first-order valence-electron chi connectivity index (χ1n) is 19.7. The molecule has 51 heavy (non-hydrogen) atoms. The maximum absolute atomic E-state index is 12.4. The third-order valence-corrected chi connectivity index (χ3v) is 8.90. The van der Waals surface area contributed by atoms with E-state index in [-0.39, 0.29) is 19.4 Å². The number of carbonyl (C=O) groups excluding carboxylic acids is 2. The molecule has 0 saturated carbocycles. The van der Waals surface area contributed by atoms with Gasteiger partial charge < -0.3 is 24.0 Å². The van der Waals surface area contributed by atoms with Crippen molar-refractivity contribution >= 4 is 19.8 Å². The van der Waals surface area contributed by atoms with Crippen LogP contribution in [0.15, 0.2) is 60.8 Å². The molecule has 0 aromatic rings. The van der Waals surface area contributed by atoms with Crippen molar-refractivity contribution in [3.8, 4) is 0 Å². The molecular weight excluding hydrogens is 667 g/mol. The van der Waals surface area contributed by atoms with Crippen LogP contribution in [0.2, 0.25) is 0 Å². The summed E-state index contributed by atoms with van der Waals surface area (Å²) in [6.07, 6.45) is 42.6. The Morgan fingerprint density at radius 3 is 1.67 bits per heavy atom. The molecule has 2 N–H and O–H groups in total. The first kappa shape index (κ1) is 46.7. The van der Waals surface area contributed by atoms with Gasteiger partial charge in [0.1, 0.15) is 6.61 Å². The molecular formula is C41H69O9P. The Morgan fingerprint density at radius 2 is 1.08 bits per heavy atom. The first-order chi connectivity index (χ1) is 24.7. The molecule has 9 nitrogen and oxygen atoms in total. The lowest BCUT2D eigenvalue weighted by Crippen LogP contribution is -2.29. The predicted octanol–water partition coefficient (Wildman–Crippen LogP) is 10.7. The number of carbonyl (C=O) groups is 2. The summed E-state index contributed by atoms with van der Waals surface area (Å²) in [5.41, 5.74) is 0. The van der Waals surface area contributed by atoms with Crippen LogP contribution in [-0.2, 0) is 32.9 Å². The monoisotopic (exact) mass is 736 g/mol. The van der Waals surface area contributed by atoms with Gasteiger partial charge in [-0.15, -0.1) is 0 Å². The molecule has 1 fully saturated rings. The molecule has 0 spiro atoms. The minimum atomic E-state index is -4.77. The van der Waals surface area contributed by atoms with Gasteiger partial charge in [0.15, 0.2) is 6.10 Å². The molecule has 0 bridgehead atoms. The number of rotatable bonds is 34. The molecule has 2 unspecified atom stereocenters. The topological polar surface area (TPSA) is 132 Å². The number of hydrogen-bond acceptors (Lipinski definition) is 7. The van der Waals surface area contributed by atoms with E-state index in [0.29, 0.717) is 31.5 Å². The highest BCUT2D eigenvalue weighted by Crippen LogP contribution is 2.36. The average Bonchev–Trinajstić information content (AvgIpc) is 3.85. The van der Waals surface area contributed by atoms with Crippen molar-refractivity contribution in [2.75, 3.05) is 13.2 Å². The van der Waals surface area contributed by atoms with Gasteiger partial charge in [0.25, 0.3) is 0 Å². The highest BCUT2D eigenvalue weighted by Gasteiger charge is 2.36. The largest absolute Gasteiger partial charge is 0.469 e. The van der Waals surface area contributed by atoms with Crippen LogP contribution in [-0.4, -0.2) is 53.3 Å². The van der Waals surface area contributed by atoms with Crippen molar-refractivity contribution in [3.05, 3.63) is 60.8 Å². The number of phosphoric acid groups is 1. The second-order valence-corrected chi connectivity index (χ2v) is 14.5. The summed E-state index contributed by atoms with van der Waals surface area (Å²) in [4.78, 5) is 42.8. The lowest BCUT2D eigenvalue weighted by Gasteiger charge is -2.18. The summed E-state index contributed by atoms with van der Waals surface area (Å²) in [6.45, 7) is 3.54. The molecule has 3 atom stereocenters. The number of phosphoric ester groups is 1. The van der Waals surface area contributed by atoms with Gasteiger partial charge in [-0.3, -0.25) is 14.1 Å². The molecule has 0 amide bonds. The molecule has 10 heteroatoms. The SMILES string of the molecule is CCCCC/C=C\C/C=C\CCCCCCCC(=O)O[C@H](COC(=O)CCC/C=C\C/C=C\CC1OC1C/C=C\CCCCC)COP(=O)(O)O. The van der Waals surface area contributed by atoms with E-state index in [1.807, 2.05) is 6.08 Å². The van der Waals surface area contributed by atoms with Crippen LogP contribution < -0.4 is 0 Å². The summed E-state index contributed by atoms with van der Waals surface area (Å²) in [5, 5.41) is 0. The van der Waals surface area contributed by atoms with Gasteiger partial charge in [-0.2, -0.15) is 0 Å². The zero-order valence-corrected chi connectivity index (χ0v) is 32.6. The van der Waals surface area contributed by atoms with Crippen LogP contribution in [0, 0.1) is 0 Å². The van der Waals surface area contributed by atoms with Crippen molar-refractivity contribution in [3.63, 3.8) is 0 Å². The van der Waals surface area contributed by atoms with Gasteiger partial charge in [-0.1, -0.05) is 120 Å². The van der Waals surface area contributed by atoms with E-state index in [9.17, 15) is 14.2 Å². The fourth-order valence-electron chi connectivity index (χ4n) is 5.32. The normalized spacial score (nSPS) is 17.1. The molecule has 1 rings (SSSR count). The highest BCUT2D eigenvalue weighted by molar-refractivity contribution is 7.46. The quantitative estimate of drug-likeness (QED) is 0.0218. The zero-order valence-electron chi connectivity index (χ0n) is 31.7. The number of ether oxygens (including phenoxy) is 3. The Kier molecular flexibility index (Phi) is 29.7. The van der Waals surface area contributed by atoms with E-state index < -0.39 is 32.5 Å². The molecule has 1 saturated heterocycles. The summed E-state index contributed by atoms with van der Waals surface area (Å²) >= 11 is 0. The minimum absolute atomic E-state index is 0.179. The molecule has 1 aliphatic rings. The lowest BCUT2D eigenvalue weighted by molar-refractivity contribution is -0.161. The van der Waals surface area contributed by atoms with Gasteiger partial charge in [0, 0.05) is 12.8 Å². The van der Waals surface area contributed by atoms with E-state index in [2.05, 4.69) is 73.1 Å². The molecule has 0 radical (unpaired) electrons. The molecule has 1 heterocycles. The Hall–Kier alpha value is -2.29. The number of hydrogen-bond donors (Lipinski definition) is 2. The molecule has 0 aliphatic carbocycles. The van der Waals surface area contributed by atoms with E-state index in [1.165, 1.54) is 38.5 Å². The Morgan fingerprint density at radius 1 is 0.608 bits per heavy atom. The Bertz CT molecular complexity index is 1080. The van der Waals surface area contributed by atoms with E-state index in [1.54, 1.807) is 0 Å². The van der Waals surface area contributed by atoms with Gasteiger partial charge in [0.2, 0.25) is 0 Å². The summed E-state index contributed by atoms with van der Waals surface area (Å²) in [5.74, 6) is -0.978. The van der Waals surface area contributed by atoms with Crippen LogP contribution in [0.25, 0.3) is 0 Å². The van der Waals surface area contributed by atoms with Gasteiger partial charge in [0.05, 0.1) is 18.8 Å². The van der Waals surface area contributed by atoms with Crippen LogP contribution in [0.3, 0.4) is 0 Å². The fraction of sp³-hybridized carbons (Fsp3) is 0.707. The number of epoxide rings is 1. The van der Waals surface area contributed by atoms with Crippen molar-refractivity contribution in [2.45, 2.75) is 173 Å². The second kappa shape index (κ2) is 32.4. The van der Waals surface area contributed by atoms with E-state index in [0.717, 1.165) is 70.6 Å². The lowest BCUT2D eigenvalue weighted by atomic mass is 10.1. The summed E-state index contributed by atoms with van der Waals surface area (Å²) in [7, 11) is -4.77. The molecule has 0 aromatic carbocycles. The van der Waals surface area contributed by atoms with Crippen molar-refractivity contribution in [1.82, 2.24) is 0 Å². The van der Waals surface area contributed by atoms with E-state index >= 15 is 0 Å². The minimum Gasteiger partial charge on any atom is -0.462 e. The van der Waals surface area contributed by atoms with Gasteiger partial charge in [-0.25, -0.2) is 4.57 Å². The maximum atomic E-state index is 12.4. The fourth-order valence-corrected chi connectivity index (χ4v) is 5.68. The van der Waals surface area contributed by atoms with Crippen molar-refractivity contribution in [2.24, 2.45) is 0 Å². The Labute approximate surface area is 309 Å². The summed E-state index contributed by atoms with van der Waals surface area (Å²) < 4.78 is 32.0. The van der Waals surface area contributed by atoms with E-state index in [4.69, 9.17) is 24.0 Å². The average molecular weight is 737 g/mol. The maximum Gasteiger partial charge on any atom is 0.469 e. The third-order valence-electron chi connectivity index (χ3n) is 8.41. The van der Waals surface area contributed by atoms with Crippen molar-refractivity contribution in [1.29, 1.82) is 0 Å². The smallest absolute Gasteiger partial charge is 0.462 e. The predicted molar refractivity (Wildman–Crippen MR) is 206 cm³/mol. The van der Waals surface area contributed by atoms with Crippen LogP contribution >= 0.6 is 7.82 Å². The van der Waals surface area contributed by atoms with Crippen LogP contribution in [0.1, 0.15) is 155 Å². The zero-order chi connectivity index (χ0) is 37.3. The van der Waals surface area contributed by atoms with Crippen molar-refractivity contribution < 1.29 is 42.7 Å². The second-order valence-electron chi connectivity index (χ2n) is 13.3. The standard InChI is InChI=1S/C41H69O9P/c1-3-5-7-9-11-12-13-14-15-16-17-18-21-26-30-34-41(43)49-37(36-48-51(44,45)46)35-47-40(42)33-29-25-22-19-20-24-28-32-39-38(50-39)31-27-23-10-8-6-4-2/h11-12,14-15,19,22-24,27-28,37-39H,3-10,13,16-18,20-21,25-26,29-36H2,1-2H3,(H2,44,45,46)/b12-11-,15-14-,22-19-,27-23-,28-24-/t37-,38?,39?/m1/s1. The molecule has 292 valence electrons. The van der Waals surface area contributed by atoms with Crippen LogP contribution in [0.5, 0.6) is 0 Å². The van der Waals surface area contributed by atoms with Crippen LogP contribution in [0.4, 0.5) is 0 Å². The first-order valence-corrected chi connectivity index (χ1v) is 21.2. The number of allylic oxidation sites excluding steroid dienone is 8. The molecule has 1 aliphatic heterocycles. The van der Waals surface area contributed by atoms with Gasteiger partial charge >= 0.3 is 19.8 Å². The Balaban J connectivity index is 2.14.